The molecule has 2 N–H and O–H groups in total. The van der Waals surface area contributed by atoms with Gasteiger partial charge in [0, 0.05) is 0 Å². The average Bonchev–Trinajstić information content (AvgIpc) is 2.93. The maximum absolute atomic E-state index is 12.6. The van der Waals surface area contributed by atoms with E-state index in [4.69, 9.17) is 0 Å². The van der Waals surface area contributed by atoms with E-state index in [0.717, 1.165) is 17.5 Å². The van der Waals surface area contributed by atoms with Crippen molar-refractivity contribution >= 4 is 0 Å². The molecule has 176 valence electrons. The van der Waals surface area contributed by atoms with Crippen LogP contribution in [0.3, 0.4) is 0 Å². The fraction of sp³-hybridized carbons (Fsp3) is 0.273. The van der Waals surface area contributed by atoms with Crippen LogP contribution in [0.5, 0.6) is 0 Å². The van der Waals surface area contributed by atoms with Crippen molar-refractivity contribution < 1.29 is 10.2 Å². The summed E-state index contributed by atoms with van der Waals surface area (Å²) >= 11 is 0. The summed E-state index contributed by atoms with van der Waals surface area (Å²) in [6.07, 6.45) is 1.94. The second-order valence-electron chi connectivity index (χ2n) is 10.5. The summed E-state index contributed by atoms with van der Waals surface area (Å²) in [5.74, 6) is 0.113. The Bertz CT molecular complexity index is 1160. The van der Waals surface area contributed by atoms with Gasteiger partial charge in [-0.05, 0) is 65.2 Å². The third-order valence-electron chi connectivity index (χ3n) is 8.77. The van der Waals surface area contributed by atoms with Crippen LogP contribution in [0.4, 0.5) is 0 Å². The number of rotatable bonds is 4. The van der Waals surface area contributed by atoms with Gasteiger partial charge in [0.15, 0.2) is 0 Å². The summed E-state index contributed by atoms with van der Waals surface area (Å²) in [5, 5.41) is 25.2. The third kappa shape index (κ3) is 3.73. The third-order valence-corrected chi connectivity index (χ3v) is 8.77. The quantitative estimate of drug-likeness (QED) is 0.353. The SMILES string of the molecule is O[C@]1(c2ccccc2)C[C@@H](c2ccccc2)[C@H]2C[C@@H]1[C@H](c1ccccc1)C[C@]2(O)c1ccccc1. The lowest BCUT2D eigenvalue weighted by Gasteiger charge is -2.59. The first-order chi connectivity index (χ1) is 17.1. The highest BCUT2D eigenvalue weighted by molar-refractivity contribution is 5.38. The molecule has 6 atom stereocenters. The highest BCUT2D eigenvalue weighted by atomic mass is 16.3. The zero-order chi connectivity index (χ0) is 23.9. The Morgan fingerprint density at radius 3 is 1.11 bits per heavy atom. The molecule has 35 heavy (non-hydrogen) atoms. The highest BCUT2D eigenvalue weighted by Gasteiger charge is 2.60. The van der Waals surface area contributed by atoms with E-state index in [2.05, 4.69) is 72.8 Å². The monoisotopic (exact) mass is 460 g/mol. The van der Waals surface area contributed by atoms with Gasteiger partial charge in [-0.3, -0.25) is 0 Å². The van der Waals surface area contributed by atoms with Crippen molar-refractivity contribution in [3.63, 3.8) is 0 Å². The lowest BCUT2D eigenvalue weighted by Crippen LogP contribution is -2.56. The second-order valence-corrected chi connectivity index (χ2v) is 10.5. The fourth-order valence-electron chi connectivity index (χ4n) is 7.13. The van der Waals surface area contributed by atoms with Gasteiger partial charge in [-0.1, -0.05) is 121 Å². The standard InChI is InChI=1S/C33H32O2/c34-32(26-17-9-3-10-18-26)22-28(24-13-5-1-6-14-24)30-21-31(32)29(25-15-7-2-8-16-25)23-33(30,35)27-19-11-4-12-20-27/h1-20,28-31,34-35H,21-23H2/t28-,29-,30+,31+,32-,33-/m0/s1. The summed E-state index contributed by atoms with van der Waals surface area (Å²) in [6.45, 7) is 0. The van der Waals surface area contributed by atoms with Crippen LogP contribution in [0.2, 0.25) is 0 Å². The van der Waals surface area contributed by atoms with Gasteiger partial charge >= 0.3 is 0 Å². The van der Waals surface area contributed by atoms with Crippen LogP contribution in [0.1, 0.15) is 53.4 Å². The van der Waals surface area contributed by atoms with E-state index in [-0.39, 0.29) is 23.7 Å². The van der Waals surface area contributed by atoms with E-state index in [1.54, 1.807) is 0 Å². The molecule has 0 spiro atoms. The molecular formula is C33H32O2. The van der Waals surface area contributed by atoms with Gasteiger partial charge < -0.3 is 10.2 Å². The highest BCUT2D eigenvalue weighted by Crippen LogP contribution is 2.64. The average molecular weight is 461 g/mol. The first kappa shape index (κ1) is 22.3. The lowest BCUT2D eigenvalue weighted by molar-refractivity contribution is -0.174. The van der Waals surface area contributed by atoms with Gasteiger partial charge in [-0.2, -0.15) is 0 Å². The van der Waals surface area contributed by atoms with Gasteiger partial charge in [0.25, 0.3) is 0 Å². The Balaban J connectivity index is 1.54. The molecule has 2 fully saturated rings. The van der Waals surface area contributed by atoms with Crippen LogP contribution < -0.4 is 0 Å². The smallest absolute Gasteiger partial charge is 0.0936 e. The Morgan fingerprint density at radius 2 is 0.771 bits per heavy atom. The molecule has 2 bridgehead atoms. The first-order valence-electron chi connectivity index (χ1n) is 12.8. The number of fused-ring (bicyclic) bond motifs is 2. The molecule has 4 aromatic carbocycles. The summed E-state index contributed by atoms with van der Waals surface area (Å²) in [4.78, 5) is 0. The Hall–Kier alpha value is -3.20. The Kier molecular flexibility index (Phi) is 5.59. The zero-order valence-electron chi connectivity index (χ0n) is 19.9. The van der Waals surface area contributed by atoms with Crippen molar-refractivity contribution in [3.05, 3.63) is 144 Å². The minimum Gasteiger partial charge on any atom is -0.385 e. The summed E-state index contributed by atoms with van der Waals surface area (Å²) < 4.78 is 0. The first-order valence-corrected chi connectivity index (χ1v) is 12.8. The minimum atomic E-state index is -0.975. The van der Waals surface area contributed by atoms with Crippen LogP contribution in [0.25, 0.3) is 0 Å². The predicted octanol–water partition coefficient (Wildman–Crippen LogP) is 6.76. The molecule has 2 aliphatic rings. The Labute approximate surface area is 207 Å². The minimum absolute atomic E-state index is 0.0150. The number of hydrogen-bond donors (Lipinski definition) is 2. The van der Waals surface area contributed by atoms with Gasteiger partial charge in [-0.25, -0.2) is 0 Å². The van der Waals surface area contributed by atoms with Crippen LogP contribution in [-0.2, 0) is 11.2 Å². The van der Waals surface area contributed by atoms with Gasteiger partial charge in [0.2, 0.25) is 0 Å². The number of hydrogen-bond acceptors (Lipinski definition) is 2. The molecule has 4 aromatic rings. The van der Waals surface area contributed by atoms with Crippen LogP contribution >= 0.6 is 0 Å². The van der Waals surface area contributed by atoms with Crippen LogP contribution in [-0.4, -0.2) is 10.2 Å². The molecule has 2 nitrogen and oxygen atoms in total. The maximum Gasteiger partial charge on any atom is 0.0936 e. The van der Waals surface area contributed by atoms with Crippen LogP contribution in [0.15, 0.2) is 121 Å². The molecule has 2 aliphatic carbocycles. The van der Waals surface area contributed by atoms with Crippen LogP contribution in [0, 0.1) is 11.8 Å². The van der Waals surface area contributed by atoms with E-state index >= 15 is 0 Å². The fourth-order valence-corrected chi connectivity index (χ4v) is 7.13. The van der Waals surface area contributed by atoms with Gasteiger partial charge in [0.05, 0.1) is 11.2 Å². The van der Waals surface area contributed by atoms with Crippen molar-refractivity contribution in [2.45, 2.75) is 42.3 Å². The number of benzene rings is 4. The Morgan fingerprint density at radius 1 is 0.457 bits per heavy atom. The molecule has 0 aliphatic heterocycles. The molecule has 0 aromatic heterocycles. The molecule has 0 unspecified atom stereocenters. The van der Waals surface area contributed by atoms with Gasteiger partial charge in [0.1, 0.15) is 0 Å². The lowest BCUT2D eigenvalue weighted by atomic mass is 9.48. The van der Waals surface area contributed by atoms with E-state index in [0.29, 0.717) is 12.8 Å². The summed E-state index contributed by atoms with van der Waals surface area (Å²) in [5.41, 5.74) is 2.40. The van der Waals surface area contributed by atoms with E-state index in [1.807, 2.05) is 48.5 Å². The molecule has 0 radical (unpaired) electrons. The normalized spacial score (nSPS) is 32.2. The molecule has 0 heterocycles. The van der Waals surface area contributed by atoms with Crippen molar-refractivity contribution in [3.8, 4) is 0 Å². The van der Waals surface area contributed by atoms with Crippen molar-refractivity contribution in [2.75, 3.05) is 0 Å². The molecular weight excluding hydrogens is 428 g/mol. The topological polar surface area (TPSA) is 40.5 Å². The summed E-state index contributed by atoms with van der Waals surface area (Å²) in [7, 11) is 0. The van der Waals surface area contributed by atoms with Crippen molar-refractivity contribution in [2.24, 2.45) is 11.8 Å². The maximum atomic E-state index is 12.6. The zero-order valence-corrected chi connectivity index (χ0v) is 19.9. The van der Waals surface area contributed by atoms with Crippen molar-refractivity contribution in [1.82, 2.24) is 0 Å². The molecule has 0 saturated heterocycles. The van der Waals surface area contributed by atoms with E-state index < -0.39 is 11.2 Å². The molecule has 2 heteroatoms. The largest absolute Gasteiger partial charge is 0.385 e. The summed E-state index contributed by atoms with van der Waals surface area (Å²) in [6, 6.07) is 41.4. The van der Waals surface area contributed by atoms with E-state index in [9.17, 15) is 10.2 Å². The predicted molar refractivity (Wildman–Crippen MR) is 140 cm³/mol. The van der Waals surface area contributed by atoms with Gasteiger partial charge in [-0.15, -0.1) is 0 Å². The molecule has 6 rings (SSSR count). The molecule has 0 amide bonds. The number of aliphatic hydroxyl groups is 2. The van der Waals surface area contributed by atoms with E-state index in [1.165, 1.54) is 11.1 Å². The van der Waals surface area contributed by atoms with Crippen molar-refractivity contribution in [1.29, 1.82) is 0 Å². The second kappa shape index (κ2) is 8.78. The molecule has 2 saturated carbocycles.